The molecule has 72 valence electrons. The van der Waals surface area contributed by atoms with Crippen LogP contribution in [0.4, 0.5) is 0 Å². The molecule has 0 aromatic carbocycles. The Hall–Kier alpha value is -0.0400. The van der Waals surface area contributed by atoms with Gasteiger partial charge in [-0.2, -0.15) is 0 Å². The van der Waals surface area contributed by atoms with E-state index in [-0.39, 0.29) is 0 Å². The second-order valence-electron chi connectivity index (χ2n) is 4.41. The third-order valence-electron chi connectivity index (χ3n) is 3.66. The summed E-state index contributed by atoms with van der Waals surface area (Å²) >= 11 is 0. The lowest BCUT2D eigenvalue weighted by molar-refractivity contribution is 0.00871. The van der Waals surface area contributed by atoms with Gasteiger partial charge in [0.1, 0.15) is 0 Å². The van der Waals surface area contributed by atoms with Gasteiger partial charge in [-0.15, -0.1) is 0 Å². The summed E-state index contributed by atoms with van der Waals surface area (Å²) in [6.07, 6.45) is 2.19. The molecule has 12 heavy (non-hydrogen) atoms. The molecule has 5 atom stereocenters. The summed E-state index contributed by atoms with van der Waals surface area (Å²) in [5.74, 6) is 2.17. The van der Waals surface area contributed by atoms with Gasteiger partial charge in [0.25, 0.3) is 0 Å². The number of rotatable bonds is 2. The first-order valence-electron chi connectivity index (χ1n) is 5.23. The third kappa shape index (κ3) is 1.66. The van der Waals surface area contributed by atoms with Crippen molar-refractivity contribution in [1.82, 2.24) is 0 Å². The van der Waals surface area contributed by atoms with E-state index < -0.39 is 0 Å². The maximum atomic E-state index is 5.94. The molecule has 0 N–H and O–H groups in total. The van der Waals surface area contributed by atoms with Crippen molar-refractivity contribution < 1.29 is 4.74 Å². The van der Waals surface area contributed by atoms with Gasteiger partial charge in [0, 0.05) is 0 Å². The van der Waals surface area contributed by atoms with Crippen LogP contribution in [0.3, 0.4) is 0 Å². The summed E-state index contributed by atoms with van der Waals surface area (Å²) in [5, 5.41) is 0. The van der Waals surface area contributed by atoms with Crippen molar-refractivity contribution in [3.8, 4) is 0 Å². The molecule has 1 aliphatic rings. The van der Waals surface area contributed by atoms with E-state index in [1.165, 1.54) is 6.42 Å². The minimum Gasteiger partial charge on any atom is -0.374 e. The van der Waals surface area contributed by atoms with E-state index in [2.05, 4.69) is 34.6 Å². The van der Waals surface area contributed by atoms with Crippen LogP contribution in [0.5, 0.6) is 0 Å². The molecule has 0 aromatic heterocycles. The first-order valence-corrected chi connectivity index (χ1v) is 5.23. The van der Waals surface area contributed by atoms with E-state index in [1.54, 1.807) is 0 Å². The molecule has 1 saturated heterocycles. The molecule has 1 heteroatoms. The summed E-state index contributed by atoms with van der Waals surface area (Å²) in [5.41, 5.74) is 0. The largest absolute Gasteiger partial charge is 0.374 e. The highest BCUT2D eigenvalue weighted by Gasteiger charge is 2.38. The highest BCUT2D eigenvalue weighted by molar-refractivity contribution is 4.85. The van der Waals surface area contributed by atoms with Gasteiger partial charge in [-0.05, 0) is 24.7 Å². The topological polar surface area (TPSA) is 9.23 Å². The van der Waals surface area contributed by atoms with E-state index in [0.717, 1.165) is 11.8 Å². The van der Waals surface area contributed by atoms with Crippen LogP contribution in [0.15, 0.2) is 0 Å². The fourth-order valence-corrected chi connectivity index (χ4v) is 2.11. The van der Waals surface area contributed by atoms with Crippen molar-refractivity contribution in [3.05, 3.63) is 0 Å². The fraction of sp³-hybridized carbons (Fsp3) is 1.00. The van der Waals surface area contributed by atoms with E-state index in [1.807, 2.05) is 0 Å². The maximum Gasteiger partial charge on any atom is 0.0633 e. The summed E-state index contributed by atoms with van der Waals surface area (Å²) in [4.78, 5) is 0. The van der Waals surface area contributed by atoms with Gasteiger partial charge in [-0.25, -0.2) is 0 Å². The lowest BCUT2D eigenvalue weighted by atomic mass is 9.85. The van der Waals surface area contributed by atoms with Gasteiger partial charge in [0.05, 0.1) is 12.2 Å². The second-order valence-corrected chi connectivity index (χ2v) is 4.41. The molecule has 1 fully saturated rings. The van der Waals surface area contributed by atoms with Crippen LogP contribution in [0.1, 0.15) is 41.0 Å². The Morgan fingerprint density at radius 2 is 1.75 bits per heavy atom. The summed E-state index contributed by atoms with van der Waals surface area (Å²) in [6.45, 7) is 11.4. The van der Waals surface area contributed by atoms with Crippen LogP contribution in [-0.2, 0) is 4.74 Å². The standard InChI is InChI=1S/C11H22O/c1-6-7(2)11-9(4)8(3)10(5)12-11/h7-11H,6H2,1-5H3/t7?,8?,9-,10-,11+/m0/s1. The Morgan fingerprint density at radius 1 is 1.17 bits per heavy atom. The average molecular weight is 170 g/mol. The highest BCUT2D eigenvalue weighted by atomic mass is 16.5. The van der Waals surface area contributed by atoms with Crippen LogP contribution >= 0.6 is 0 Å². The number of hydrogen-bond acceptors (Lipinski definition) is 1. The Balaban J connectivity index is 2.58. The number of hydrogen-bond donors (Lipinski definition) is 0. The van der Waals surface area contributed by atoms with E-state index in [0.29, 0.717) is 18.1 Å². The molecule has 1 aliphatic heterocycles. The van der Waals surface area contributed by atoms with E-state index in [4.69, 9.17) is 4.74 Å². The van der Waals surface area contributed by atoms with Gasteiger partial charge in [0.2, 0.25) is 0 Å². The van der Waals surface area contributed by atoms with Crippen molar-refractivity contribution in [3.63, 3.8) is 0 Å². The smallest absolute Gasteiger partial charge is 0.0633 e. The van der Waals surface area contributed by atoms with Crippen LogP contribution in [0, 0.1) is 17.8 Å². The fourth-order valence-electron chi connectivity index (χ4n) is 2.11. The summed E-state index contributed by atoms with van der Waals surface area (Å²) < 4.78 is 5.94. The first kappa shape index (κ1) is 10.0. The van der Waals surface area contributed by atoms with Crippen LogP contribution in [0.25, 0.3) is 0 Å². The molecular formula is C11H22O. The van der Waals surface area contributed by atoms with Gasteiger partial charge in [-0.3, -0.25) is 0 Å². The molecule has 0 saturated carbocycles. The Kier molecular flexibility index (Phi) is 3.16. The summed E-state index contributed by atoms with van der Waals surface area (Å²) in [7, 11) is 0. The molecule has 1 heterocycles. The first-order chi connectivity index (χ1) is 5.57. The van der Waals surface area contributed by atoms with Crippen molar-refractivity contribution in [2.75, 3.05) is 0 Å². The minimum atomic E-state index is 0.457. The van der Waals surface area contributed by atoms with Crippen molar-refractivity contribution in [2.24, 2.45) is 17.8 Å². The quantitative estimate of drug-likeness (QED) is 0.619. The molecule has 2 unspecified atom stereocenters. The summed E-state index contributed by atoms with van der Waals surface area (Å²) in [6, 6.07) is 0. The average Bonchev–Trinajstić information content (AvgIpc) is 2.32. The predicted molar refractivity (Wildman–Crippen MR) is 52.1 cm³/mol. The number of ether oxygens (including phenoxy) is 1. The Bertz CT molecular complexity index is 144. The van der Waals surface area contributed by atoms with Crippen molar-refractivity contribution >= 4 is 0 Å². The molecule has 0 aliphatic carbocycles. The van der Waals surface area contributed by atoms with E-state index >= 15 is 0 Å². The van der Waals surface area contributed by atoms with Gasteiger partial charge >= 0.3 is 0 Å². The molecule has 1 nitrogen and oxygen atoms in total. The van der Waals surface area contributed by atoms with Crippen LogP contribution < -0.4 is 0 Å². The lowest BCUT2D eigenvalue weighted by Crippen LogP contribution is -2.23. The van der Waals surface area contributed by atoms with Crippen LogP contribution in [0.2, 0.25) is 0 Å². The molecule has 0 bridgehead atoms. The van der Waals surface area contributed by atoms with Gasteiger partial charge in [0.15, 0.2) is 0 Å². The molecular weight excluding hydrogens is 148 g/mol. The normalized spacial score (nSPS) is 44.8. The van der Waals surface area contributed by atoms with Gasteiger partial charge in [-0.1, -0.05) is 34.1 Å². The van der Waals surface area contributed by atoms with Crippen LogP contribution in [-0.4, -0.2) is 12.2 Å². The molecule has 1 rings (SSSR count). The molecule has 0 spiro atoms. The monoisotopic (exact) mass is 170 g/mol. The second kappa shape index (κ2) is 3.78. The molecule has 0 radical (unpaired) electrons. The zero-order chi connectivity index (χ0) is 9.30. The van der Waals surface area contributed by atoms with Crippen molar-refractivity contribution in [2.45, 2.75) is 53.2 Å². The predicted octanol–water partition coefficient (Wildman–Crippen LogP) is 3.09. The third-order valence-corrected chi connectivity index (χ3v) is 3.66. The van der Waals surface area contributed by atoms with Gasteiger partial charge < -0.3 is 4.74 Å². The minimum absolute atomic E-state index is 0.457. The maximum absolute atomic E-state index is 5.94. The Labute approximate surface area is 76.5 Å². The molecule has 0 amide bonds. The zero-order valence-corrected chi connectivity index (χ0v) is 9.00. The Morgan fingerprint density at radius 3 is 2.08 bits per heavy atom. The zero-order valence-electron chi connectivity index (χ0n) is 9.00. The highest BCUT2D eigenvalue weighted by Crippen LogP contribution is 2.36. The van der Waals surface area contributed by atoms with E-state index in [9.17, 15) is 0 Å². The SMILES string of the molecule is CCC(C)[C@H]1O[C@@H](C)C(C)[C@@H]1C. The lowest BCUT2D eigenvalue weighted by Gasteiger charge is -2.22. The molecule has 0 aromatic rings. The van der Waals surface area contributed by atoms with Crippen molar-refractivity contribution in [1.29, 1.82) is 0 Å².